The number of nitrogens with two attached hydrogens (primary N) is 1. The van der Waals surface area contributed by atoms with Crippen LogP contribution in [-0.4, -0.2) is 0 Å². The van der Waals surface area contributed by atoms with Crippen LogP contribution in [0, 0.1) is 5.41 Å². The van der Waals surface area contributed by atoms with Crippen LogP contribution in [0.25, 0.3) is 0 Å². The average molecular weight is 243 g/mol. The monoisotopic (exact) mass is 243 g/mol. The van der Waals surface area contributed by atoms with Crippen molar-refractivity contribution in [3.8, 4) is 0 Å². The first-order valence-corrected chi connectivity index (χ1v) is 7.45. The molecule has 0 radical (unpaired) electrons. The third-order valence-electron chi connectivity index (χ3n) is 4.85. The molecule has 18 heavy (non-hydrogen) atoms. The molecule has 2 aliphatic rings. The van der Waals surface area contributed by atoms with E-state index in [2.05, 4.69) is 26.0 Å². The van der Waals surface area contributed by atoms with E-state index < -0.39 is 0 Å². The van der Waals surface area contributed by atoms with Gasteiger partial charge in [-0.3, -0.25) is 0 Å². The largest absolute Gasteiger partial charge is 0.324 e. The summed E-state index contributed by atoms with van der Waals surface area (Å²) >= 11 is 0. The highest BCUT2D eigenvalue weighted by Gasteiger charge is 2.28. The molecule has 1 aromatic rings. The molecule has 1 heteroatoms. The SMILES string of the molecule is CC1(C)CCc2cc3c(cc2C(N)C1)CCCC3. The van der Waals surface area contributed by atoms with Gasteiger partial charge in [0.2, 0.25) is 0 Å². The fourth-order valence-corrected chi connectivity index (χ4v) is 3.70. The molecule has 0 fully saturated rings. The summed E-state index contributed by atoms with van der Waals surface area (Å²) < 4.78 is 0. The number of benzene rings is 1. The van der Waals surface area contributed by atoms with Crippen molar-refractivity contribution < 1.29 is 0 Å². The van der Waals surface area contributed by atoms with Crippen molar-refractivity contribution in [2.75, 3.05) is 0 Å². The van der Waals surface area contributed by atoms with Crippen LogP contribution >= 0.6 is 0 Å². The number of hydrogen-bond donors (Lipinski definition) is 1. The van der Waals surface area contributed by atoms with Gasteiger partial charge in [-0.25, -0.2) is 0 Å². The van der Waals surface area contributed by atoms with Crippen molar-refractivity contribution in [1.82, 2.24) is 0 Å². The summed E-state index contributed by atoms with van der Waals surface area (Å²) in [5, 5.41) is 0. The van der Waals surface area contributed by atoms with Crippen molar-refractivity contribution in [3.63, 3.8) is 0 Å². The number of hydrogen-bond acceptors (Lipinski definition) is 1. The van der Waals surface area contributed by atoms with Crippen LogP contribution in [0.5, 0.6) is 0 Å². The van der Waals surface area contributed by atoms with Crippen molar-refractivity contribution in [2.45, 2.75) is 64.8 Å². The van der Waals surface area contributed by atoms with E-state index in [-0.39, 0.29) is 6.04 Å². The third-order valence-corrected chi connectivity index (χ3v) is 4.85. The van der Waals surface area contributed by atoms with Crippen molar-refractivity contribution in [3.05, 3.63) is 34.4 Å². The summed E-state index contributed by atoms with van der Waals surface area (Å²) in [5.74, 6) is 0. The zero-order valence-corrected chi connectivity index (χ0v) is 11.8. The molecule has 0 amide bonds. The highest BCUT2D eigenvalue weighted by Crippen LogP contribution is 2.39. The first-order chi connectivity index (χ1) is 8.55. The van der Waals surface area contributed by atoms with Crippen LogP contribution in [0.2, 0.25) is 0 Å². The Labute approximate surface area is 111 Å². The van der Waals surface area contributed by atoms with Gasteiger partial charge in [-0.05, 0) is 72.6 Å². The Morgan fingerprint density at radius 2 is 1.67 bits per heavy atom. The minimum Gasteiger partial charge on any atom is -0.324 e. The summed E-state index contributed by atoms with van der Waals surface area (Å²) in [5.41, 5.74) is 13.0. The first kappa shape index (κ1) is 12.2. The molecule has 1 atom stereocenters. The van der Waals surface area contributed by atoms with E-state index >= 15 is 0 Å². The Morgan fingerprint density at radius 3 is 2.39 bits per heavy atom. The Balaban J connectivity index is 2.02. The Morgan fingerprint density at radius 1 is 1.00 bits per heavy atom. The van der Waals surface area contributed by atoms with E-state index in [0.717, 1.165) is 6.42 Å². The minimum absolute atomic E-state index is 0.240. The van der Waals surface area contributed by atoms with Crippen molar-refractivity contribution in [2.24, 2.45) is 11.1 Å². The zero-order valence-electron chi connectivity index (χ0n) is 11.8. The molecule has 1 unspecified atom stereocenters. The second-order valence-electron chi connectivity index (χ2n) is 7.00. The lowest BCUT2D eigenvalue weighted by molar-refractivity contribution is 0.294. The van der Waals surface area contributed by atoms with Gasteiger partial charge in [0.05, 0.1) is 0 Å². The molecule has 2 aliphatic carbocycles. The van der Waals surface area contributed by atoms with Crippen LogP contribution in [-0.2, 0) is 19.3 Å². The molecule has 3 rings (SSSR count). The van der Waals surface area contributed by atoms with Gasteiger partial charge in [-0.2, -0.15) is 0 Å². The van der Waals surface area contributed by atoms with E-state index in [1.807, 2.05) is 0 Å². The molecule has 0 spiro atoms. The van der Waals surface area contributed by atoms with Gasteiger partial charge in [-0.1, -0.05) is 26.0 Å². The van der Waals surface area contributed by atoms with E-state index in [4.69, 9.17) is 5.73 Å². The minimum atomic E-state index is 0.240. The maximum Gasteiger partial charge on any atom is 0.0302 e. The molecule has 0 aliphatic heterocycles. The average Bonchev–Trinajstić information content (AvgIpc) is 2.44. The smallest absolute Gasteiger partial charge is 0.0302 e. The van der Waals surface area contributed by atoms with Crippen LogP contribution < -0.4 is 5.73 Å². The topological polar surface area (TPSA) is 26.0 Å². The summed E-state index contributed by atoms with van der Waals surface area (Å²) in [6.07, 6.45) is 8.87. The van der Waals surface area contributed by atoms with Gasteiger partial charge in [0.1, 0.15) is 0 Å². The second kappa shape index (κ2) is 4.38. The first-order valence-electron chi connectivity index (χ1n) is 7.45. The van der Waals surface area contributed by atoms with E-state index in [9.17, 15) is 0 Å². The molecule has 0 aromatic heterocycles. The molecule has 0 saturated carbocycles. The Hall–Kier alpha value is -0.820. The molecule has 0 saturated heterocycles. The number of fused-ring (bicyclic) bond motifs is 2. The Bertz CT molecular complexity index is 459. The molecule has 2 N–H and O–H groups in total. The summed E-state index contributed by atoms with van der Waals surface area (Å²) in [6.45, 7) is 4.72. The molecule has 98 valence electrons. The Kier molecular flexibility index (Phi) is 2.97. The molecule has 0 bridgehead atoms. The van der Waals surface area contributed by atoms with Crippen LogP contribution in [0.1, 0.15) is 67.8 Å². The van der Waals surface area contributed by atoms with Gasteiger partial charge >= 0.3 is 0 Å². The van der Waals surface area contributed by atoms with E-state index in [1.54, 1.807) is 11.1 Å². The molecular formula is C17H25N. The zero-order chi connectivity index (χ0) is 12.8. The molecule has 1 nitrogen and oxygen atoms in total. The van der Waals surface area contributed by atoms with Crippen LogP contribution in [0.4, 0.5) is 0 Å². The van der Waals surface area contributed by atoms with Crippen LogP contribution in [0.15, 0.2) is 12.1 Å². The van der Waals surface area contributed by atoms with Crippen LogP contribution in [0.3, 0.4) is 0 Å². The molecule has 0 heterocycles. The van der Waals surface area contributed by atoms with Crippen molar-refractivity contribution >= 4 is 0 Å². The normalized spacial score (nSPS) is 26.1. The van der Waals surface area contributed by atoms with Gasteiger partial charge in [0, 0.05) is 6.04 Å². The second-order valence-corrected chi connectivity index (χ2v) is 7.00. The number of aryl methyl sites for hydroxylation is 3. The van der Waals surface area contributed by atoms with E-state index in [0.29, 0.717) is 5.41 Å². The lowest BCUT2D eigenvalue weighted by atomic mass is 9.83. The summed E-state index contributed by atoms with van der Waals surface area (Å²) in [6, 6.07) is 5.16. The van der Waals surface area contributed by atoms with Gasteiger partial charge in [0.25, 0.3) is 0 Å². The van der Waals surface area contributed by atoms with E-state index in [1.165, 1.54) is 49.7 Å². The maximum absolute atomic E-state index is 6.46. The maximum atomic E-state index is 6.46. The lowest BCUT2D eigenvalue weighted by Gasteiger charge is -2.25. The number of rotatable bonds is 0. The highest BCUT2D eigenvalue weighted by atomic mass is 14.6. The van der Waals surface area contributed by atoms with Gasteiger partial charge in [0.15, 0.2) is 0 Å². The lowest BCUT2D eigenvalue weighted by Crippen LogP contribution is -2.19. The highest BCUT2D eigenvalue weighted by molar-refractivity contribution is 5.42. The summed E-state index contributed by atoms with van der Waals surface area (Å²) in [4.78, 5) is 0. The molecule has 1 aromatic carbocycles. The van der Waals surface area contributed by atoms with Crippen molar-refractivity contribution in [1.29, 1.82) is 0 Å². The predicted molar refractivity (Wildman–Crippen MR) is 76.7 cm³/mol. The summed E-state index contributed by atoms with van der Waals surface area (Å²) in [7, 11) is 0. The third kappa shape index (κ3) is 2.21. The fraction of sp³-hybridized carbons (Fsp3) is 0.647. The fourth-order valence-electron chi connectivity index (χ4n) is 3.70. The van der Waals surface area contributed by atoms with Gasteiger partial charge < -0.3 is 5.73 Å². The predicted octanol–water partition coefficient (Wildman–Crippen LogP) is 3.93. The van der Waals surface area contributed by atoms with Gasteiger partial charge in [-0.15, -0.1) is 0 Å². The standard InChI is InChI=1S/C17H25N/c1-17(2)8-7-14-9-12-5-3-4-6-13(12)10-15(14)16(18)11-17/h9-10,16H,3-8,11,18H2,1-2H3. The molecular weight excluding hydrogens is 218 g/mol. The quantitative estimate of drug-likeness (QED) is 0.686.